The van der Waals surface area contributed by atoms with E-state index in [1.807, 2.05) is 40.9 Å². The first-order chi connectivity index (χ1) is 13.2. The number of nitrogens with zero attached hydrogens (tertiary/aromatic N) is 1. The molecular formula is C23H30ClN3O. The Morgan fingerprint density at radius 2 is 2.00 bits per heavy atom. The van der Waals surface area contributed by atoms with Crippen molar-refractivity contribution in [3.05, 3.63) is 58.1 Å². The second kappa shape index (κ2) is 7.76. The minimum Gasteiger partial charge on any atom is -0.377 e. The Hall–Kier alpha value is -2.04. The molecule has 4 nitrogen and oxygen atoms in total. The molecule has 0 aromatic heterocycles. The van der Waals surface area contributed by atoms with E-state index >= 15 is 0 Å². The Kier molecular flexibility index (Phi) is 5.74. The smallest absolute Gasteiger partial charge is 0.130 e. The second-order valence-electron chi connectivity index (χ2n) is 8.54. The van der Waals surface area contributed by atoms with Gasteiger partial charge >= 0.3 is 0 Å². The Morgan fingerprint density at radius 1 is 1.25 bits per heavy atom. The van der Waals surface area contributed by atoms with Crippen LogP contribution in [0.4, 0.5) is 11.4 Å². The van der Waals surface area contributed by atoms with Gasteiger partial charge in [-0.3, -0.25) is 0 Å². The van der Waals surface area contributed by atoms with Gasteiger partial charge < -0.3 is 20.3 Å². The van der Waals surface area contributed by atoms with Gasteiger partial charge in [-0.2, -0.15) is 0 Å². The van der Waals surface area contributed by atoms with Crippen LogP contribution >= 0.6 is 11.6 Å². The summed E-state index contributed by atoms with van der Waals surface area (Å²) in [6.45, 7) is 7.69. The molecule has 0 radical (unpaired) electrons. The fourth-order valence-electron chi connectivity index (χ4n) is 3.98. The lowest BCUT2D eigenvalue weighted by Crippen LogP contribution is -2.38. The molecule has 1 aliphatic rings. The van der Waals surface area contributed by atoms with Crippen molar-refractivity contribution in [3.63, 3.8) is 0 Å². The van der Waals surface area contributed by atoms with Crippen molar-refractivity contribution in [2.45, 2.75) is 38.1 Å². The number of carbonyl (C=O) groups excluding carboxylic acids is 1. The van der Waals surface area contributed by atoms with E-state index in [9.17, 15) is 4.79 Å². The van der Waals surface area contributed by atoms with E-state index < -0.39 is 5.41 Å². The van der Waals surface area contributed by atoms with E-state index in [1.54, 1.807) is 0 Å². The zero-order valence-electron chi connectivity index (χ0n) is 17.4. The van der Waals surface area contributed by atoms with E-state index in [0.717, 1.165) is 58.9 Å². The summed E-state index contributed by atoms with van der Waals surface area (Å²) in [5.74, 6) is 0. The van der Waals surface area contributed by atoms with E-state index in [4.69, 9.17) is 11.6 Å². The maximum atomic E-state index is 11.6. The predicted molar refractivity (Wildman–Crippen MR) is 119 cm³/mol. The molecule has 0 aliphatic carbocycles. The largest absolute Gasteiger partial charge is 0.377 e. The minimum absolute atomic E-state index is 0.256. The van der Waals surface area contributed by atoms with Gasteiger partial charge in [0, 0.05) is 42.5 Å². The summed E-state index contributed by atoms with van der Waals surface area (Å²) in [6, 6.07) is 12.5. The molecule has 0 saturated carbocycles. The molecule has 1 fully saturated rings. The van der Waals surface area contributed by atoms with Gasteiger partial charge in [0.2, 0.25) is 0 Å². The van der Waals surface area contributed by atoms with E-state index in [0.29, 0.717) is 0 Å². The summed E-state index contributed by atoms with van der Waals surface area (Å²) in [5, 5.41) is 8.08. The van der Waals surface area contributed by atoms with Crippen LogP contribution < -0.4 is 15.5 Å². The number of aldehydes is 1. The Morgan fingerprint density at radius 3 is 2.61 bits per heavy atom. The monoisotopic (exact) mass is 399 g/mol. The van der Waals surface area contributed by atoms with Gasteiger partial charge in [0.25, 0.3) is 0 Å². The van der Waals surface area contributed by atoms with Crippen LogP contribution in [0, 0.1) is 6.92 Å². The lowest BCUT2D eigenvalue weighted by Gasteiger charge is -2.34. The van der Waals surface area contributed by atoms with Crippen molar-refractivity contribution in [2.24, 2.45) is 0 Å². The normalized spacial score (nSPS) is 19.5. The average molecular weight is 400 g/mol. The molecule has 2 aromatic carbocycles. The molecule has 0 amide bonds. The summed E-state index contributed by atoms with van der Waals surface area (Å²) in [6.07, 6.45) is 1.96. The zero-order chi connectivity index (χ0) is 20.5. The van der Waals surface area contributed by atoms with Crippen LogP contribution in [0.25, 0.3) is 0 Å². The molecule has 1 aliphatic heterocycles. The van der Waals surface area contributed by atoms with Crippen molar-refractivity contribution in [2.75, 3.05) is 37.4 Å². The minimum atomic E-state index is -0.537. The van der Waals surface area contributed by atoms with Crippen molar-refractivity contribution >= 4 is 29.3 Å². The van der Waals surface area contributed by atoms with Gasteiger partial charge in [0.15, 0.2) is 0 Å². The molecule has 0 spiro atoms. The van der Waals surface area contributed by atoms with Crippen LogP contribution in [0.3, 0.4) is 0 Å². The van der Waals surface area contributed by atoms with Crippen LogP contribution in [0.1, 0.15) is 37.0 Å². The first kappa shape index (κ1) is 20.7. The fourth-order valence-corrected chi connectivity index (χ4v) is 4.28. The van der Waals surface area contributed by atoms with Gasteiger partial charge in [0.05, 0.1) is 5.54 Å². The van der Waals surface area contributed by atoms with Crippen LogP contribution in [-0.2, 0) is 15.7 Å². The molecule has 1 atom stereocenters. The SMILES string of the molecule is Cc1cccc(C2(Nc3ccc(C(C)(C)C=O)c(N(C)C)c3)CCNC2)c1Cl. The summed E-state index contributed by atoms with van der Waals surface area (Å²) in [5.41, 5.74) is 4.50. The molecular weight excluding hydrogens is 370 g/mol. The predicted octanol–water partition coefficient (Wildman–Crippen LogP) is 4.49. The molecule has 28 heavy (non-hydrogen) atoms. The van der Waals surface area contributed by atoms with Crippen molar-refractivity contribution in [1.82, 2.24) is 5.32 Å². The van der Waals surface area contributed by atoms with Crippen LogP contribution in [0.2, 0.25) is 5.02 Å². The summed E-state index contributed by atoms with van der Waals surface area (Å²) in [4.78, 5) is 13.7. The lowest BCUT2D eigenvalue weighted by molar-refractivity contribution is -0.111. The summed E-state index contributed by atoms with van der Waals surface area (Å²) < 4.78 is 0. The van der Waals surface area contributed by atoms with Gasteiger partial charge in [-0.05, 0) is 62.6 Å². The number of aryl methyl sites for hydroxylation is 1. The quantitative estimate of drug-likeness (QED) is 0.702. The number of hydrogen-bond donors (Lipinski definition) is 2. The molecule has 0 bridgehead atoms. The van der Waals surface area contributed by atoms with E-state index in [2.05, 4.69) is 45.9 Å². The van der Waals surface area contributed by atoms with Gasteiger partial charge in [-0.1, -0.05) is 35.9 Å². The van der Waals surface area contributed by atoms with Crippen LogP contribution in [-0.4, -0.2) is 33.5 Å². The maximum Gasteiger partial charge on any atom is 0.130 e. The van der Waals surface area contributed by atoms with Crippen LogP contribution in [0.5, 0.6) is 0 Å². The van der Waals surface area contributed by atoms with Crippen LogP contribution in [0.15, 0.2) is 36.4 Å². The molecule has 1 unspecified atom stereocenters. The van der Waals surface area contributed by atoms with E-state index in [1.165, 1.54) is 0 Å². The molecule has 3 rings (SSSR count). The highest BCUT2D eigenvalue weighted by molar-refractivity contribution is 6.32. The van der Waals surface area contributed by atoms with Gasteiger partial charge in [-0.15, -0.1) is 0 Å². The number of benzene rings is 2. The average Bonchev–Trinajstić information content (AvgIpc) is 3.13. The number of nitrogens with one attached hydrogen (secondary N) is 2. The molecule has 2 N–H and O–H groups in total. The molecule has 1 heterocycles. The van der Waals surface area contributed by atoms with Gasteiger partial charge in [-0.25, -0.2) is 0 Å². The van der Waals surface area contributed by atoms with Crippen molar-refractivity contribution < 1.29 is 4.79 Å². The first-order valence-corrected chi connectivity index (χ1v) is 10.1. The third-order valence-corrected chi connectivity index (χ3v) is 6.22. The Balaban J connectivity index is 2.04. The van der Waals surface area contributed by atoms with E-state index in [-0.39, 0.29) is 5.54 Å². The molecule has 1 saturated heterocycles. The number of anilines is 2. The third kappa shape index (κ3) is 3.76. The Labute approximate surface area is 173 Å². The van der Waals surface area contributed by atoms with Crippen molar-refractivity contribution in [1.29, 1.82) is 0 Å². The molecule has 2 aromatic rings. The zero-order valence-corrected chi connectivity index (χ0v) is 18.2. The second-order valence-corrected chi connectivity index (χ2v) is 8.91. The highest BCUT2D eigenvalue weighted by Gasteiger charge is 2.37. The fraction of sp³-hybridized carbons (Fsp3) is 0.435. The van der Waals surface area contributed by atoms with Crippen molar-refractivity contribution in [3.8, 4) is 0 Å². The summed E-state index contributed by atoms with van der Waals surface area (Å²) >= 11 is 6.70. The third-order valence-electron chi connectivity index (χ3n) is 5.71. The van der Waals surface area contributed by atoms with Gasteiger partial charge in [0.1, 0.15) is 6.29 Å². The maximum absolute atomic E-state index is 11.6. The summed E-state index contributed by atoms with van der Waals surface area (Å²) in [7, 11) is 4.02. The topological polar surface area (TPSA) is 44.4 Å². The Bertz CT molecular complexity index is 870. The highest BCUT2D eigenvalue weighted by Crippen LogP contribution is 2.39. The standard InChI is InChI=1S/C23H30ClN3O/c1-16-7-6-8-19(21(16)24)23(11-12-25-14-23)26-17-9-10-18(22(2,3)15-28)20(13-17)27(4)5/h6-10,13,15,25-26H,11-12,14H2,1-5H3. The highest BCUT2D eigenvalue weighted by atomic mass is 35.5. The molecule has 150 valence electrons. The number of carbonyl (C=O) groups is 1. The lowest BCUT2D eigenvalue weighted by atomic mass is 9.84. The molecule has 5 heteroatoms. The first-order valence-electron chi connectivity index (χ1n) is 9.73. The number of hydrogen-bond acceptors (Lipinski definition) is 4. The number of halogens is 1. The number of rotatable bonds is 6.